The van der Waals surface area contributed by atoms with Gasteiger partial charge in [0.05, 0.1) is 6.57 Å². The van der Waals surface area contributed by atoms with Crippen LogP contribution in [-0.4, -0.2) is 9.55 Å². The van der Waals surface area contributed by atoms with Gasteiger partial charge in [0.2, 0.25) is 0 Å². The number of aromatic nitrogens is 2. The summed E-state index contributed by atoms with van der Waals surface area (Å²) in [4.78, 5) is 7.82. The third-order valence-electron chi connectivity index (χ3n) is 2.87. The van der Waals surface area contributed by atoms with Crippen LogP contribution in [0.15, 0.2) is 36.5 Å². The fourth-order valence-corrected chi connectivity index (χ4v) is 2.09. The van der Waals surface area contributed by atoms with Gasteiger partial charge in [-0.05, 0) is 29.7 Å². The average molecular weight is 207 g/mol. The molecule has 0 unspecified atom stereocenters. The van der Waals surface area contributed by atoms with Crippen molar-refractivity contribution in [1.82, 2.24) is 9.55 Å². The molecule has 0 atom stereocenters. The minimum atomic E-state index is 0.670. The third kappa shape index (κ3) is 1.04. The third-order valence-corrected chi connectivity index (χ3v) is 2.87. The predicted octanol–water partition coefficient (Wildman–Crippen LogP) is 3.28. The van der Waals surface area contributed by atoms with E-state index in [9.17, 15) is 0 Å². The fourth-order valence-electron chi connectivity index (χ4n) is 2.09. The molecule has 0 fully saturated rings. The van der Waals surface area contributed by atoms with Crippen LogP contribution in [0.4, 0.5) is 5.69 Å². The van der Waals surface area contributed by atoms with E-state index in [-0.39, 0.29) is 0 Å². The van der Waals surface area contributed by atoms with Gasteiger partial charge >= 0.3 is 0 Å². The van der Waals surface area contributed by atoms with Gasteiger partial charge in [0, 0.05) is 24.1 Å². The molecule has 3 nitrogen and oxygen atoms in total. The SMILES string of the molecule is [C-]#[N+]c1ccc2c(c1)c1cccnc1n2C. The normalized spacial score (nSPS) is 10.8. The highest BCUT2D eigenvalue weighted by atomic mass is 15.0. The molecule has 1 aromatic carbocycles. The van der Waals surface area contributed by atoms with Gasteiger partial charge in [0.25, 0.3) is 0 Å². The van der Waals surface area contributed by atoms with E-state index in [0.29, 0.717) is 5.69 Å². The van der Waals surface area contributed by atoms with E-state index >= 15 is 0 Å². The average Bonchev–Trinajstić information content (AvgIpc) is 2.64. The van der Waals surface area contributed by atoms with Gasteiger partial charge in [-0.3, -0.25) is 0 Å². The molecule has 0 N–H and O–H groups in total. The van der Waals surface area contributed by atoms with Crippen molar-refractivity contribution in [3.8, 4) is 0 Å². The fraction of sp³-hybridized carbons (Fsp3) is 0.0769. The molecule has 0 spiro atoms. The lowest BCUT2D eigenvalue weighted by Crippen LogP contribution is -1.87. The highest BCUT2D eigenvalue weighted by molar-refractivity contribution is 6.07. The topological polar surface area (TPSA) is 22.2 Å². The van der Waals surface area contributed by atoms with Gasteiger partial charge in [-0.1, -0.05) is 6.07 Å². The highest BCUT2D eigenvalue weighted by Gasteiger charge is 2.08. The number of hydrogen-bond acceptors (Lipinski definition) is 1. The van der Waals surface area contributed by atoms with E-state index < -0.39 is 0 Å². The Hall–Kier alpha value is -2.34. The zero-order valence-corrected chi connectivity index (χ0v) is 8.81. The molecule has 3 aromatic rings. The Bertz CT molecular complexity index is 732. The van der Waals surface area contributed by atoms with E-state index in [4.69, 9.17) is 6.57 Å². The molecule has 0 radical (unpaired) electrons. The molecule has 16 heavy (non-hydrogen) atoms. The Balaban J connectivity index is 2.58. The smallest absolute Gasteiger partial charge is 0.188 e. The van der Waals surface area contributed by atoms with Crippen molar-refractivity contribution in [2.75, 3.05) is 0 Å². The molecule has 0 bridgehead atoms. The Labute approximate surface area is 92.8 Å². The Morgan fingerprint density at radius 1 is 1.25 bits per heavy atom. The number of benzene rings is 1. The molecule has 0 saturated carbocycles. The molecular formula is C13H9N3. The molecule has 76 valence electrons. The van der Waals surface area contributed by atoms with E-state index in [2.05, 4.69) is 14.4 Å². The minimum Gasteiger partial charge on any atom is -0.328 e. The summed E-state index contributed by atoms with van der Waals surface area (Å²) in [6, 6.07) is 9.70. The number of rotatable bonds is 0. The lowest BCUT2D eigenvalue weighted by molar-refractivity contribution is 0.990. The molecule has 0 aliphatic rings. The second kappa shape index (κ2) is 3.07. The maximum absolute atomic E-state index is 7.04. The van der Waals surface area contributed by atoms with Gasteiger partial charge in [0.1, 0.15) is 5.65 Å². The van der Waals surface area contributed by atoms with E-state index in [1.165, 1.54) is 0 Å². The van der Waals surface area contributed by atoms with Crippen LogP contribution in [0.25, 0.3) is 26.8 Å². The summed E-state index contributed by atoms with van der Waals surface area (Å²) in [6.07, 6.45) is 1.79. The second-order valence-corrected chi connectivity index (χ2v) is 3.75. The number of aryl methyl sites for hydroxylation is 1. The van der Waals surface area contributed by atoms with Gasteiger partial charge in [-0.15, -0.1) is 0 Å². The molecule has 0 aliphatic heterocycles. The van der Waals surface area contributed by atoms with Crippen LogP contribution in [0.5, 0.6) is 0 Å². The van der Waals surface area contributed by atoms with Crippen LogP contribution in [0.3, 0.4) is 0 Å². The molecule has 2 heterocycles. The van der Waals surface area contributed by atoms with Crippen molar-refractivity contribution < 1.29 is 0 Å². The van der Waals surface area contributed by atoms with Gasteiger partial charge < -0.3 is 4.57 Å². The van der Waals surface area contributed by atoms with Crippen LogP contribution in [0, 0.1) is 6.57 Å². The van der Waals surface area contributed by atoms with Crippen LogP contribution >= 0.6 is 0 Å². The lowest BCUT2D eigenvalue weighted by Gasteiger charge is -1.95. The molecule has 0 aliphatic carbocycles. The number of hydrogen-bond donors (Lipinski definition) is 0. The van der Waals surface area contributed by atoms with Crippen molar-refractivity contribution in [3.05, 3.63) is 47.9 Å². The van der Waals surface area contributed by atoms with Crippen LogP contribution < -0.4 is 0 Å². The van der Waals surface area contributed by atoms with E-state index in [1.54, 1.807) is 6.20 Å². The summed E-state index contributed by atoms with van der Waals surface area (Å²) in [5.41, 5.74) is 2.74. The van der Waals surface area contributed by atoms with Crippen molar-refractivity contribution in [3.63, 3.8) is 0 Å². The molecule has 3 rings (SSSR count). The highest BCUT2D eigenvalue weighted by Crippen LogP contribution is 2.29. The maximum atomic E-state index is 7.04. The lowest BCUT2D eigenvalue weighted by atomic mass is 10.2. The summed E-state index contributed by atoms with van der Waals surface area (Å²) < 4.78 is 2.05. The van der Waals surface area contributed by atoms with Gasteiger partial charge in [0.15, 0.2) is 5.69 Å². The standard InChI is InChI=1S/C13H9N3/c1-14-9-5-6-12-11(8-9)10-4-3-7-15-13(10)16(12)2/h3-8H,2H3. The van der Waals surface area contributed by atoms with Crippen molar-refractivity contribution in [2.45, 2.75) is 0 Å². The molecule has 0 amide bonds. The number of pyridine rings is 1. The first kappa shape index (κ1) is 8.93. The molecule has 2 aromatic heterocycles. The van der Waals surface area contributed by atoms with Crippen LogP contribution in [0.1, 0.15) is 0 Å². The van der Waals surface area contributed by atoms with Crippen molar-refractivity contribution in [2.24, 2.45) is 7.05 Å². The quantitative estimate of drug-likeness (QED) is 0.518. The van der Waals surface area contributed by atoms with Gasteiger partial charge in [-0.25, -0.2) is 9.83 Å². The Morgan fingerprint density at radius 2 is 2.12 bits per heavy atom. The predicted molar refractivity (Wildman–Crippen MR) is 64.5 cm³/mol. The summed E-state index contributed by atoms with van der Waals surface area (Å²) in [6.45, 7) is 7.04. The summed E-state index contributed by atoms with van der Waals surface area (Å²) in [7, 11) is 2.00. The van der Waals surface area contributed by atoms with Crippen molar-refractivity contribution >= 4 is 27.6 Å². The summed E-state index contributed by atoms with van der Waals surface area (Å²) >= 11 is 0. The molecule has 3 heteroatoms. The monoisotopic (exact) mass is 207 g/mol. The first-order valence-electron chi connectivity index (χ1n) is 5.02. The zero-order valence-electron chi connectivity index (χ0n) is 8.81. The second-order valence-electron chi connectivity index (χ2n) is 3.75. The maximum Gasteiger partial charge on any atom is 0.188 e. The first-order chi connectivity index (χ1) is 7.81. The number of fused-ring (bicyclic) bond motifs is 3. The van der Waals surface area contributed by atoms with Crippen LogP contribution in [-0.2, 0) is 7.05 Å². The summed E-state index contributed by atoms with van der Waals surface area (Å²) in [5.74, 6) is 0. The van der Waals surface area contributed by atoms with E-state index in [1.807, 2.05) is 37.4 Å². The Kier molecular flexibility index (Phi) is 1.72. The molecular weight excluding hydrogens is 198 g/mol. The largest absolute Gasteiger partial charge is 0.328 e. The van der Waals surface area contributed by atoms with E-state index in [0.717, 1.165) is 21.9 Å². The van der Waals surface area contributed by atoms with Gasteiger partial charge in [-0.2, -0.15) is 0 Å². The zero-order chi connectivity index (χ0) is 11.1. The molecule has 0 saturated heterocycles. The Morgan fingerprint density at radius 3 is 2.94 bits per heavy atom. The summed E-state index contributed by atoms with van der Waals surface area (Å²) in [5, 5.41) is 2.20. The van der Waals surface area contributed by atoms with Crippen molar-refractivity contribution in [1.29, 1.82) is 0 Å². The van der Waals surface area contributed by atoms with Crippen LogP contribution in [0.2, 0.25) is 0 Å². The number of nitrogens with zero attached hydrogens (tertiary/aromatic N) is 3. The minimum absolute atomic E-state index is 0.670. The first-order valence-corrected chi connectivity index (χ1v) is 5.02.